The van der Waals surface area contributed by atoms with Crippen LogP contribution in [0.5, 0.6) is 0 Å². The number of piperidine rings is 2. The zero-order valence-corrected chi connectivity index (χ0v) is 21.6. The average molecular weight is 557 g/mol. The molecule has 0 bridgehead atoms. The third-order valence-corrected chi connectivity index (χ3v) is 5.87. The number of nitrogens with two attached hydrogens (primary N) is 2. The summed E-state index contributed by atoms with van der Waals surface area (Å²) >= 11 is 0. The molecular weight excluding hydrogens is 521 g/mol. The number of nitrogens with one attached hydrogen (secondary N) is 1. The van der Waals surface area contributed by atoms with Crippen molar-refractivity contribution < 1.29 is 56.3 Å². The first-order valence-corrected chi connectivity index (χ1v) is 11.3. The number of anilines is 4. The Balaban J connectivity index is 0.000000357. The minimum atomic E-state index is 0. The maximum absolute atomic E-state index is 5.82. The Morgan fingerprint density at radius 2 is 1.28 bits per heavy atom. The summed E-state index contributed by atoms with van der Waals surface area (Å²) in [6.07, 6.45) is 16.3. The van der Waals surface area contributed by atoms with Gasteiger partial charge in [-0.25, -0.2) is 24.9 Å². The van der Waals surface area contributed by atoms with Crippen LogP contribution in [0.1, 0.15) is 33.1 Å². The van der Waals surface area contributed by atoms with E-state index in [2.05, 4.69) is 45.0 Å². The molecule has 2 aliphatic heterocycles. The summed E-state index contributed by atoms with van der Waals surface area (Å²) in [7, 11) is 0. The average Bonchev–Trinajstić information content (AvgIpc) is 2.87. The predicted molar refractivity (Wildman–Crippen MR) is 136 cm³/mol. The van der Waals surface area contributed by atoms with Crippen LogP contribution < -0.4 is 26.6 Å². The first kappa shape index (κ1) is 32.3. The molecule has 5 heterocycles. The number of nitrogen functional groups attached to an aromatic ring is 1. The molecule has 0 unspecified atom stereocenters. The second-order valence-corrected chi connectivity index (χ2v) is 8.23. The van der Waals surface area contributed by atoms with Gasteiger partial charge in [0, 0.05) is 101 Å². The van der Waals surface area contributed by atoms with Crippen molar-refractivity contribution in [1.82, 2.24) is 29.9 Å². The number of hydrogen-bond acceptors (Lipinski definition) is 11. The van der Waals surface area contributed by atoms with Crippen LogP contribution in [0, 0.1) is 37.7 Å². The molecule has 1 radical (unpaired) electrons. The van der Waals surface area contributed by atoms with Crippen molar-refractivity contribution in [3.63, 3.8) is 0 Å². The molecule has 2 fully saturated rings. The molecule has 13 heteroatoms. The van der Waals surface area contributed by atoms with Crippen molar-refractivity contribution in [2.45, 2.75) is 45.2 Å². The minimum Gasteiger partial charge on any atom is -0.384 e. The topological polar surface area (TPSA) is 148 Å². The summed E-state index contributed by atoms with van der Waals surface area (Å²) in [4.78, 5) is 29.0. The summed E-state index contributed by atoms with van der Waals surface area (Å²) in [5.41, 5.74) is 13.6. The van der Waals surface area contributed by atoms with Crippen LogP contribution in [0.4, 0.5) is 23.1 Å². The molecule has 0 aromatic carbocycles. The van der Waals surface area contributed by atoms with E-state index in [4.69, 9.17) is 11.5 Å². The van der Waals surface area contributed by atoms with Crippen LogP contribution in [0.3, 0.4) is 0 Å². The van der Waals surface area contributed by atoms with Crippen molar-refractivity contribution in [2.24, 2.45) is 5.73 Å². The second-order valence-electron chi connectivity index (χ2n) is 8.23. The maximum atomic E-state index is 5.82. The van der Waals surface area contributed by atoms with Gasteiger partial charge in [-0.3, -0.25) is 0 Å². The molecule has 11 nitrogen and oxygen atoms in total. The van der Waals surface area contributed by atoms with Crippen LogP contribution in [0.2, 0.25) is 0 Å². The van der Waals surface area contributed by atoms with Crippen LogP contribution in [0.15, 0.2) is 49.7 Å². The zero-order chi connectivity index (χ0) is 22.9. The van der Waals surface area contributed by atoms with E-state index in [1.165, 1.54) is 0 Å². The molecule has 0 aliphatic carbocycles. The first-order valence-electron chi connectivity index (χ1n) is 11.3. The van der Waals surface area contributed by atoms with E-state index in [0.717, 1.165) is 63.2 Å². The summed E-state index contributed by atoms with van der Waals surface area (Å²) in [6.45, 7) is 3.98. The fourth-order valence-corrected chi connectivity index (χ4v) is 3.97. The molecular formula is C23H35ArN11V. The standard InChI is InChI=1S/C13H17N7.C9H14N4.CH4.Ar.V/c14-12-1-4-17-13(19-12)18-10-2-5-20(6-3-10)11-7-15-9-16-8-11;10-8-1-3-13(4-2-8)9-5-11-7-12-6-9;;;/h1,4,7-10H,2-3,5-6H2,(H3,14,17,18,19);5-8H,1-4,10H2;1H4;;. The minimum absolute atomic E-state index is 0. The summed E-state index contributed by atoms with van der Waals surface area (Å²) in [5.74, 6) is 1.09. The second kappa shape index (κ2) is 16.9. The van der Waals surface area contributed by atoms with Crippen molar-refractivity contribution in [3.05, 3.63) is 49.7 Å². The summed E-state index contributed by atoms with van der Waals surface area (Å²) < 4.78 is 0. The fraction of sp³-hybridized carbons (Fsp3) is 0.478. The molecule has 36 heavy (non-hydrogen) atoms. The third kappa shape index (κ3) is 9.95. The normalized spacial score (nSPS) is 15.8. The molecule has 195 valence electrons. The Morgan fingerprint density at radius 3 is 1.75 bits per heavy atom. The molecule has 0 spiro atoms. The van der Waals surface area contributed by atoms with Gasteiger partial charge in [-0.15, -0.1) is 0 Å². The number of aromatic nitrogens is 6. The largest absolute Gasteiger partial charge is 0.384 e. The molecule has 0 amide bonds. The van der Waals surface area contributed by atoms with Crippen molar-refractivity contribution in [2.75, 3.05) is 47.0 Å². The Morgan fingerprint density at radius 1 is 0.806 bits per heavy atom. The van der Waals surface area contributed by atoms with E-state index in [1.807, 2.05) is 24.8 Å². The van der Waals surface area contributed by atoms with E-state index in [-0.39, 0.29) is 63.7 Å². The van der Waals surface area contributed by atoms with Gasteiger partial charge in [-0.1, -0.05) is 7.43 Å². The van der Waals surface area contributed by atoms with Crippen LogP contribution in [-0.2, 0) is 18.6 Å². The quantitative estimate of drug-likeness (QED) is 0.433. The van der Waals surface area contributed by atoms with Gasteiger partial charge in [-0.05, 0) is 31.7 Å². The van der Waals surface area contributed by atoms with E-state index in [0.29, 0.717) is 23.8 Å². The molecule has 5 N–H and O–H groups in total. The maximum Gasteiger partial charge on any atom is 0.224 e. The van der Waals surface area contributed by atoms with Crippen molar-refractivity contribution in [1.29, 1.82) is 0 Å². The Bertz CT molecular complexity index is 970. The third-order valence-electron chi connectivity index (χ3n) is 5.87. The van der Waals surface area contributed by atoms with E-state index < -0.39 is 0 Å². The van der Waals surface area contributed by atoms with Gasteiger partial charge in [0.25, 0.3) is 0 Å². The Labute approximate surface area is 255 Å². The molecule has 2 saturated heterocycles. The number of hydrogen-bond donors (Lipinski definition) is 3. The summed E-state index contributed by atoms with van der Waals surface area (Å²) in [5, 5.41) is 3.33. The molecule has 0 atom stereocenters. The van der Waals surface area contributed by atoms with Gasteiger partial charge in [0.1, 0.15) is 18.5 Å². The van der Waals surface area contributed by atoms with Crippen LogP contribution in [0.25, 0.3) is 0 Å². The van der Waals surface area contributed by atoms with Crippen LogP contribution in [-0.4, -0.2) is 68.2 Å². The number of rotatable bonds is 4. The van der Waals surface area contributed by atoms with E-state index in [1.54, 1.807) is 24.9 Å². The SMILES string of the molecule is C.NC1CCN(c2cncnc2)CC1.Nc1ccnc(NC2CCN(c3cncnc3)CC2)n1.[Ar].[V]. The summed E-state index contributed by atoms with van der Waals surface area (Å²) in [6, 6.07) is 2.43. The zero-order valence-electron chi connectivity index (χ0n) is 19.5. The van der Waals surface area contributed by atoms with Crippen LogP contribution >= 0.6 is 0 Å². The van der Waals surface area contributed by atoms with Crippen molar-refractivity contribution in [3.8, 4) is 0 Å². The molecule has 0 saturated carbocycles. The smallest absolute Gasteiger partial charge is 0.224 e. The van der Waals surface area contributed by atoms with Gasteiger partial charge in [0.05, 0.1) is 36.2 Å². The molecule has 5 rings (SSSR count). The van der Waals surface area contributed by atoms with E-state index in [9.17, 15) is 0 Å². The molecule has 2 aliphatic rings. The number of nitrogens with zero attached hydrogens (tertiary/aromatic N) is 8. The van der Waals surface area contributed by atoms with Gasteiger partial charge in [0.2, 0.25) is 5.95 Å². The Kier molecular flexibility index (Phi) is 15.1. The van der Waals surface area contributed by atoms with Gasteiger partial charge in [-0.2, -0.15) is 4.98 Å². The molecule has 3 aromatic heterocycles. The monoisotopic (exact) mass is 556 g/mol. The molecule has 3 aromatic rings. The Hall–Kier alpha value is -1.76. The van der Waals surface area contributed by atoms with E-state index >= 15 is 0 Å². The predicted octanol–water partition coefficient (Wildman–Crippen LogP) is 1.97. The van der Waals surface area contributed by atoms with Gasteiger partial charge < -0.3 is 26.6 Å². The first-order chi connectivity index (χ1) is 16.2. The van der Waals surface area contributed by atoms with Gasteiger partial charge in [0.15, 0.2) is 0 Å². The fourth-order valence-electron chi connectivity index (χ4n) is 3.97. The van der Waals surface area contributed by atoms with Crippen molar-refractivity contribution >= 4 is 23.1 Å². The van der Waals surface area contributed by atoms with Gasteiger partial charge >= 0.3 is 0 Å².